The molecule has 1 heterocycles. The molecule has 1 fully saturated rings. The minimum absolute atomic E-state index is 0.00597. The van der Waals surface area contributed by atoms with E-state index in [1.54, 1.807) is 24.3 Å². The summed E-state index contributed by atoms with van der Waals surface area (Å²) >= 11 is 5.92. The fourth-order valence-corrected chi connectivity index (χ4v) is 3.24. The van der Waals surface area contributed by atoms with E-state index in [0.717, 1.165) is 43.1 Å². The van der Waals surface area contributed by atoms with Crippen LogP contribution in [0.5, 0.6) is 0 Å². The number of likely N-dealkylation sites (tertiary alicyclic amines) is 1. The third-order valence-electron chi connectivity index (χ3n) is 4.64. The highest BCUT2D eigenvalue weighted by molar-refractivity contribution is 6.30. The van der Waals surface area contributed by atoms with Gasteiger partial charge in [0.2, 0.25) is 0 Å². The third-order valence-corrected chi connectivity index (χ3v) is 4.89. The number of piperidine rings is 1. The van der Waals surface area contributed by atoms with Gasteiger partial charge in [0.1, 0.15) is 0 Å². The van der Waals surface area contributed by atoms with Gasteiger partial charge >= 0.3 is 0 Å². The second-order valence-electron chi connectivity index (χ2n) is 6.51. The van der Waals surface area contributed by atoms with E-state index in [1.807, 2.05) is 12.1 Å². The van der Waals surface area contributed by atoms with Gasteiger partial charge < -0.3 is 10.4 Å². The Labute approximate surface area is 153 Å². The predicted octanol–water partition coefficient (Wildman–Crippen LogP) is 3.23. The van der Waals surface area contributed by atoms with Gasteiger partial charge in [-0.15, -0.1) is 0 Å². The average molecular weight is 359 g/mol. The predicted molar refractivity (Wildman–Crippen MR) is 99.6 cm³/mol. The molecule has 25 heavy (non-hydrogen) atoms. The fourth-order valence-electron chi connectivity index (χ4n) is 3.11. The molecular weight excluding hydrogens is 336 g/mol. The maximum Gasteiger partial charge on any atom is 0.251 e. The van der Waals surface area contributed by atoms with Crippen molar-refractivity contribution in [3.8, 4) is 0 Å². The standard InChI is InChI=1S/C20H23ClN2O2/c21-18-7-3-15(4-8-18)13-23-11-9-19(10-12-23)22-20(25)17-5-1-16(14-24)2-6-17/h1-8,19,24H,9-14H2,(H,22,25). The molecule has 0 saturated carbocycles. The number of hydrogen-bond donors (Lipinski definition) is 2. The van der Waals surface area contributed by atoms with Gasteiger partial charge in [0.25, 0.3) is 5.91 Å². The minimum atomic E-state index is -0.0411. The molecule has 4 nitrogen and oxygen atoms in total. The Morgan fingerprint density at radius 1 is 1.04 bits per heavy atom. The van der Waals surface area contributed by atoms with E-state index in [4.69, 9.17) is 16.7 Å². The largest absolute Gasteiger partial charge is 0.392 e. The number of halogens is 1. The van der Waals surface area contributed by atoms with Crippen LogP contribution in [-0.2, 0) is 13.2 Å². The van der Waals surface area contributed by atoms with Crippen LogP contribution in [-0.4, -0.2) is 35.0 Å². The highest BCUT2D eigenvalue weighted by Gasteiger charge is 2.21. The first kappa shape index (κ1) is 17.9. The van der Waals surface area contributed by atoms with E-state index in [9.17, 15) is 4.79 Å². The number of hydrogen-bond acceptors (Lipinski definition) is 3. The Morgan fingerprint density at radius 2 is 1.64 bits per heavy atom. The van der Waals surface area contributed by atoms with Gasteiger partial charge in [-0.05, 0) is 48.2 Å². The zero-order valence-electron chi connectivity index (χ0n) is 14.1. The number of rotatable bonds is 5. The van der Waals surface area contributed by atoms with Crippen molar-refractivity contribution in [1.29, 1.82) is 0 Å². The van der Waals surface area contributed by atoms with E-state index >= 15 is 0 Å². The van der Waals surface area contributed by atoms with Crippen LogP contribution >= 0.6 is 11.6 Å². The number of aliphatic hydroxyl groups excluding tert-OH is 1. The van der Waals surface area contributed by atoms with E-state index in [-0.39, 0.29) is 18.6 Å². The molecule has 0 unspecified atom stereocenters. The average Bonchev–Trinajstić information content (AvgIpc) is 2.65. The number of benzene rings is 2. The molecule has 1 saturated heterocycles. The summed E-state index contributed by atoms with van der Waals surface area (Å²) in [4.78, 5) is 14.7. The monoisotopic (exact) mass is 358 g/mol. The Bertz CT molecular complexity index is 693. The van der Waals surface area contributed by atoms with Crippen LogP contribution in [0.2, 0.25) is 5.02 Å². The van der Waals surface area contributed by atoms with Gasteiger partial charge in [0, 0.05) is 36.3 Å². The molecule has 1 aliphatic rings. The van der Waals surface area contributed by atoms with E-state index in [2.05, 4.69) is 22.3 Å². The first-order valence-corrected chi connectivity index (χ1v) is 8.99. The second-order valence-corrected chi connectivity index (χ2v) is 6.94. The zero-order valence-corrected chi connectivity index (χ0v) is 14.9. The van der Waals surface area contributed by atoms with Gasteiger partial charge in [0.15, 0.2) is 0 Å². The molecule has 1 amide bonds. The molecular formula is C20H23ClN2O2. The van der Waals surface area contributed by atoms with Crippen molar-refractivity contribution >= 4 is 17.5 Å². The quantitative estimate of drug-likeness (QED) is 0.862. The van der Waals surface area contributed by atoms with Crippen molar-refractivity contribution in [3.63, 3.8) is 0 Å². The molecule has 0 radical (unpaired) electrons. The Hall–Kier alpha value is -1.88. The summed E-state index contributed by atoms with van der Waals surface area (Å²) < 4.78 is 0. The molecule has 0 aliphatic carbocycles. The van der Waals surface area contributed by atoms with Crippen molar-refractivity contribution in [3.05, 3.63) is 70.2 Å². The minimum Gasteiger partial charge on any atom is -0.392 e. The smallest absolute Gasteiger partial charge is 0.251 e. The lowest BCUT2D eigenvalue weighted by molar-refractivity contribution is 0.0909. The zero-order chi connectivity index (χ0) is 17.6. The summed E-state index contributed by atoms with van der Waals surface area (Å²) in [5, 5.41) is 12.9. The van der Waals surface area contributed by atoms with Crippen LogP contribution in [0.4, 0.5) is 0 Å². The van der Waals surface area contributed by atoms with Crippen LogP contribution in [0.15, 0.2) is 48.5 Å². The molecule has 2 aromatic carbocycles. The lowest BCUT2D eigenvalue weighted by atomic mass is 10.0. The Kier molecular flexibility index (Phi) is 6.08. The SMILES string of the molecule is O=C(NC1CCN(Cc2ccc(Cl)cc2)CC1)c1ccc(CO)cc1. The highest BCUT2D eigenvalue weighted by atomic mass is 35.5. The normalized spacial score (nSPS) is 15.9. The van der Waals surface area contributed by atoms with Crippen molar-refractivity contribution in [2.45, 2.75) is 32.0 Å². The van der Waals surface area contributed by atoms with E-state index in [0.29, 0.717) is 5.56 Å². The highest BCUT2D eigenvalue weighted by Crippen LogP contribution is 2.16. The molecule has 2 N–H and O–H groups in total. The lowest BCUT2D eigenvalue weighted by Gasteiger charge is -2.32. The summed E-state index contributed by atoms with van der Waals surface area (Å²) in [7, 11) is 0. The van der Waals surface area contributed by atoms with Crippen LogP contribution in [0.25, 0.3) is 0 Å². The van der Waals surface area contributed by atoms with Crippen molar-refractivity contribution < 1.29 is 9.90 Å². The van der Waals surface area contributed by atoms with Crippen LogP contribution < -0.4 is 5.32 Å². The van der Waals surface area contributed by atoms with Crippen molar-refractivity contribution in [1.82, 2.24) is 10.2 Å². The molecule has 5 heteroatoms. The second kappa shape index (κ2) is 8.48. The summed E-state index contributed by atoms with van der Waals surface area (Å²) in [6.45, 7) is 2.85. The summed E-state index contributed by atoms with van der Waals surface area (Å²) in [6.07, 6.45) is 1.90. The number of nitrogens with one attached hydrogen (secondary N) is 1. The molecule has 3 rings (SSSR count). The van der Waals surface area contributed by atoms with Gasteiger partial charge in [-0.25, -0.2) is 0 Å². The van der Waals surface area contributed by atoms with E-state index < -0.39 is 0 Å². The fraction of sp³-hybridized carbons (Fsp3) is 0.350. The summed E-state index contributed by atoms with van der Waals surface area (Å²) in [5.74, 6) is -0.0411. The number of nitrogens with zero attached hydrogens (tertiary/aromatic N) is 1. The number of amides is 1. The molecule has 1 aliphatic heterocycles. The molecule has 0 spiro atoms. The molecule has 132 valence electrons. The summed E-state index contributed by atoms with van der Waals surface area (Å²) in [6, 6.07) is 15.3. The topological polar surface area (TPSA) is 52.6 Å². The van der Waals surface area contributed by atoms with Crippen LogP contribution in [0.3, 0.4) is 0 Å². The first-order chi connectivity index (χ1) is 12.1. The molecule has 2 aromatic rings. The molecule has 0 aromatic heterocycles. The van der Waals surface area contributed by atoms with Crippen molar-refractivity contribution in [2.24, 2.45) is 0 Å². The van der Waals surface area contributed by atoms with Gasteiger partial charge in [-0.2, -0.15) is 0 Å². The molecule has 0 atom stereocenters. The maximum absolute atomic E-state index is 12.3. The molecule has 0 bridgehead atoms. The van der Waals surface area contributed by atoms with Crippen LogP contribution in [0.1, 0.15) is 34.3 Å². The summed E-state index contributed by atoms with van der Waals surface area (Å²) in [5.41, 5.74) is 2.71. The Morgan fingerprint density at radius 3 is 2.24 bits per heavy atom. The van der Waals surface area contributed by atoms with Gasteiger partial charge in [-0.3, -0.25) is 9.69 Å². The maximum atomic E-state index is 12.3. The lowest BCUT2D eigenvalue weighted by Crippen LogP contribution is -2.44. The number of aliphatic hydroxyl groups is 1. The van der Waals surface area contributed by atoms with Crippen molar-refractivity contribution in [2.75, 3.05) is 13.1 Å². The van der Waals surface area contributed by atoms with Gasteiger partial charge in [0.05, 0.1) is 6.61 Å². The Balaban J connectivity index is 1.46. The van der Waals surface area contributed by atoms with E-state index in [1.165, 1.54) is 5.56 Å². The number of carbonyl (C=O) groups excluding carboxylic acids is 1. The van der Waals surface area contributed by atoms with Gasteiger partial charge in [-0.1, -0.05) is 35.9 Å². The third kappa shape index (κ3) is 5.05. The van der Waals surface area contributed by atoms with Crippen LogP contribution in [0, 0.1) is 0 Å². The number of carbonyl (C=O) groups is 1. The first-order valence-electron chi connectivity index (χ1n) is 8.61.